The predicted molar refractivity (Wildman–Crippen MR) is 101 cm³/mol. The first-order chi connectivity index (χ1) is 11.7. The summed E-state index contributed by atoms with van der Waals surface area (Å²) in [5.41, 5.74) is 5.98. The summed E-state index contributed by atoms with van der Waals surface area (Å²) in [5.74, 6) is 2.08. The van der Waals surface area contributed by atoms with Crippen molar-refractivity contribution >= 4 is 11.8 Å². The first-order valence-corrected chi connectivity index (χ1v) is 9.88. The van der Waals surface area contributed by atoms with Crippen LogP contribution in [0.5, 0.6) is 0 Å². The van der Waals surface area contributed by atoms with Crippen LogP contribution in [0.15, 0.2) is 12.3 Å². The van der Waals surface area contributed by atoms with Gasteiger partial charge in [0.25, 0.3) is 0 Å². The van der Waals surface area contributed by atoms with Gasteiger partial charge in [0.2, 0.25) is 0 Å². The fourth-order valence-electron chi connectivity index (χ4n) is 4.43. The van der Waals surface area contributed by atoms with Gasteiger partial charge in [-0.2, -0.15) is 9.97 Å². The van der Waals surface area contributed by atoms with E-state index < -0.39 is 0 Å². The third-order valence-electron chi connectivity index (χ3n) is 5.99. The standard InChI is InChI=1S/C19H34N5/c1-24(16-12-20,17-9-5-4-6-10-17)19-21-13-11-18(22-19)23-14-7-2-3-8-15-23/h11,13,17H,2-10,12,14-16,20H2,1H3/q+1. The van der Waals surface area contributed by atoms with Crippen LogP contribution >= 0.6 is 0 Å². The number of aromatic nitrogens is 2. The zero-order valence-electron chi connectivity index (χ0n) is 15.3. The number of nitrogens with zero attached hydrogens (tertiary/aromatic N) is 4. The number of hydrogen-bond donors (Lipinski definition) is 1. The minimum absolute atomic E-state index is 0.613. The number of hydrogen-bond acceptors (Lipinski definition) is 4. The van der Waals surface area contributed by atoms with Crippen molar-refractivity contribution < 1.29 is 0 Å². The molecule has 0 radical (unpaired) electrons. The van der Waals surface area contributed by atoms with E-state index in [1.807, 2.05) is 6.20 Å². The van der Waals surface area contributed by atoms with E-state index in [1.54, 1.807) is 0 Å². The topological polar surface area (TPSA) is 55.0 Å². The minimum Gasteiger partial charge on any atom is -0.356 e. The maximum atomic E-state index is 5.98. The van der Waals surface area contributed by atoms with Crippen LogP contribution in [0.1, 0.15) is 57.8 Å². The van der Waals surface area contributed by atoms with Crippen molar-refractivity contribution in [3.63, 3.8) is 0 Å². The van der Waals surface area contributed by atoms with Crippen LogP contribution in [0.3, 0.4) is 0 Å². The first kappa shape index (κ1) is 17.6. The van der Waals surface area contributed by atoms with E-state index in [4.69, 9.17) is 15.7 Å². The molecule has 2 aliphatic rings. The van der Waals surface area contributed by atoms with Gasteiger partial charge in [-0.15, -0.1) is 0 Å². The van der Waals surface area contributed by atoms with Crippen molar-refractivity contribution in [1.29, 1.82) is 0 Å². The molecule has 0 amide bonds. The monoisotopic (exact) mass is 332 g/mol. The maximum Gasteiger partial charge on any atom is 0.330 e. The van der Waals surface area contributed by atoms with E-state index >= 15 is 0 Å². The molecule has 134 valence electrons. The summed E-state index contributed by atoms with van der Waals surface area (Å²) in [4.78, 5) is 12.2. The van der Waals surface area contributed by atoms with Crippen molar-refractivity contribution in [2.24, 2.45) is 5.73 Å². The number of quaternary nitrogens is 1. The van der Waals surface area contributed by atoms with Crippen LogP contribution in [0.4, 0.5) is 11.8 Å². The SMILES string of the molecule is C[N+](CCN)(c1nccc(N2CCCCCC2)n1)C1CCCCC1. The third-order valence-corrected chi connectivity index (χ3v) is 5.99. The Balaban J connectivity index is 1.85. The van der Waals surface area contributed by atoms with Gasteiger partial charge >= 0.3 is 5.95 Å². The molecule has 0 aromatic carbocycles. The fourth-order valence-corrected chi connectivity index (χ4v) is 4.43. The number of likely N-dealkylation sites (N-methyl/N-ethyl adjacent to an activating group) is 1. The Labute approximate surface area is 146 Å². The van der Waals surface area contributed by atoms with Crippen LogP contribution in [0.2, 0.25) is 0 Å². The van der Waals surface area contributed by atoms with Gasteiger partial charge in [0, 0.05) is 25.8 Å². The normalized spacial score (nSPS) is 22.8. The Morgan fingerprint density at radius 3 is 2.42 bits per heavy atom. The van der Waals surface area contributed by atoms with Crippen LogP contribution in [-0.2, 0) is 0 Å². The largest absolute Gasteiger partial charge is 0.356 e. The van der Waals surface area contributed by atoms with Crippen molar-refractivity contribution in [3.05, 3.63) is 12.3 Å². The summed E-state index contributed by atoms with van der Waals surface area (Å²) in [7, 11) is 2.30. The molecule has 3 rings (SSSR count). The summed E-state index contributed by atoms with van der Waals surface area (Å²) in [6.45, 7) is 3.86. The molecule has 24 heavy (non-hydrogen) atoms. The number of nitrogens with two attached hydrogens (primary N) is 1. The second-order valence-electron chi connectivity index (χ2n) is 7.69. The van der Waals surface area contributed by atoms with Crippen molar-refractivity contribution in [1.82, 2.24) is 14.5 Å². The second kappa shape index (κ2) is 8.26. The highest BCUT2D eigenvalue weighted by Gasteiger charge is 2.38. The van der Waals surface area contributed by atoms with E-state index in [2.05, 4.69) is 18.0 Å². The highest BCUT2D eigenvalue weighted by Crippen LogP contribution is 2.31. The molecule has 1 saturated heterocycles. The number of anilines is 1. The van der Waals surface area contributed by atoms with Crippen LogP contribution in [0.25, 0.3) is 0 Å². The minimum atomic E-state index is 0.613. The summed E-state index contributed by atoms with van der Waals surface area (Å²) < 4.78 is 0.804. The molecule has 0 bridgehead atoms. The Hall–Kier alpha value is -1.20. The van der Waals surface area contributed by atoms with Crippen LogP contribution in [0, 0.1) is 0 Å². The van der Waals surface area contributed by atoms with E-state index in [0.717, 1.165) is 35.9 Å². The molecule has 1 saturated carbocycles. The Morgan fingerprint density at radius 1 is 1.08 bits per heavy atom. The lowest BCUT2D eigenvalue weighted by Crippen LogP contribution is -2.57. The summed E-state index contributed by atoms with van der Waals surface area (Å²) in [5, 5.41) is 0. The molecule has 1 aromatic heterocycles. The van der Waals surface area contributed by atoms with E-state index in [1.165, 1.54) is 57.8 Å². The van der Waals surface area contributed by atoms with Gasteiger partial charge in [0.05, 0.1) is 19.6 Å². The van der Waals surface area contributed by atoms with Crippen molar-refractivity contribution in [2.75, 3.05) is 38.1 Å². The molecule has 1 aromatic rings. The molecule has 1 unspecified atom stereocenters. The summed E-state index contributed by atoms with van der Waals surface area (Å²) >= 11 is 0. The first-order valence-electron chi connectivity index (χ1n) is 9.88. The summed E-state index contributed by atoms with van der Waals surface area (Å²) in [6.07, 6.45) is 13.8. The lowest BCUT2D eigenvalue weighted by molar-refractivity contribution is 0.188. The highest BCUT2D eigenvalue weighted by molar-refractivity contribution is 5.42. The molecular formula is C19H34N5+. The smallest absolute Gasteiger partial charge is 0.330 e. The van der Waals surface area contributed by atoms with E-state index in [-0.39, 0.29) is 0 Å². The van der Waals surface area contributed by atoms with Gasteiger partial charge in [-0.25, -0.2) is 0 Å². The van der Waals surface area contributed by atoms with Gasteiger partial charge in [-0.05, 0) is 44.6 Å². The average molecular weight is 333 g/mol. The Kier molecular flexibility index (Phi) is 6.06. The predicted octanol–water partition coefficient (Wildman–Crippen LogP) is 3.09. The average Bonchev–Trinajstić information content (AvgIpc) is 2.92. The van der Waals surface area contributed by atoms with E-state index in [0.29, 0.717) is 12.6 Å². The molecule has 1 atom stereocenters. The zero-order chi connectivity index (χ0) is 16.8. The molecule has 5 heteroatoms. The van der Waals surface area contributed by atoms with Gasteiger partial charge < -0.3 is 10.6 Å². The zero-order valence-corrected chi connectivity index (χ0v) is 15.3. The maximum absolute atomic E-state index is 5.98. The van der Waals surface area contributed by atoms with Crippen molar-refractivity contribution in [2.45, 2.75) is 63.8 Å². The van der Waals surface area contributed by atoms with Crippen molar-refractivity contribution in [3.8, 4) is 0 Å². The third kappa shape index (κ3) is 3.89. The molecule has 2 fully saturated rings. The lowest BCUT2D eigenvalue weighted by Gasteiger charge is -2.40. The van der Waals surface area contributed by atoms with Crippen LogP contribution < -0.4 is 15.1 Å². The molecule has 1 aliphatic heterocycles. The Morgan fingerprint density at radius 2 is 1.75 bits per heavy atom. The Bertz CT molecular complexity index is 506. The number of rotatable bonds is 5. The summed E-state index contributed by atoms with van der Waals surface area (Å²) in [6, 6.07) is 2.70. The molecular weight excluding hydrogens is 298 g/mol. The van der Waals surface area contributed by atoms with E-state index in [9.17, 15) is 0 Å². The molecule has 2 heterocycles. The van der Waals surface area contributed by atoms with Gasteiger partial charge in [0.1, 0.15) is 5.82 Å². The molecule has 1 aliphatic carbocycles. The molecule has 5 nitrogen and oxygen atoms in total. The highest BCUT2D eigenvalue weighted by atomic mass is 15.4. The van der Waals surface area contributed by atoms with Gasteiger partial charge in [0.15, 0.2) is 0 Å². The quantitative estimate of drug-likeness (QED) is 0.842. The fraction of sp³-hybridized carbons (Fsp3) is 0.789. The molecule has 0 spiro atoms. The van der Waals surface area contributed by atoms with Gasteiger partial charge in [-0.1, -0.05) is 19.3 Å². The lowest BCUT2D eigenvalue weighted by atomic mass is 9.93. The van der Waals surface area contributed by atoms with Gasteiger partial charge in [-0.3, -0.25) is 4.48 Å². The van der Waals surface area contributed by atoms with Crippen LogP contribution in [-0.4, -0.2) is 49.2 Å². The second-order valence-corrected chi connectivity index (χ2v) is 7.69. The molecule has 2 N–H and O–H groups in total.